The fourth-order valence-corrected chi connectivity index (χ4v) is 3.83. The van der Waals surface area contributed by atoms with Gasteiger partial charge in [0, 0.05) is 43.2 Å². The highest BCUT2D eigenvalue weighted by Crippen LogP contribution is 2.30. The summed E-state index contributed by atoms with van der Waals surface area (Å²) in [5.74, 6) is 0.206. The first kappa shape index (κ1) is 26.9. The smallest absolute Gasteiger partial charge is 0.376 e. The first-order chi connectivity index (χ1) is 18.1. The van der Waals surface area contributed by atoms with Crippen molar-refractivity contribution in [3.63, 3.8) is 0 Å². The van der Waals surface area contributed by atoms with Crippen molar-refractivity contribution in [3.05, 3.63) is 71.5 Å². The summed E-state index contributed by atoms with van der Waals surface area (Å²) in [6, 6.07) is 10.1. The average molecular weight is 529 g/mol. The van der Waals surface area contributed by atoms with Gasteiger partial charge in [-0.15, -0.1) is 0 Å². The van der Waals surface area contributed by atoms with Gasteiger partial charge in [0.15, 0.2) is 0 Å². The van der Waals surface area contributed by atoms with Crippen molar-refractivity contribution in [1.29, 1.82) is 0 Å². The summed E-state index contributed by atoms with van der Waals surface area (Å²) in [5, 5.41) is 8.54. The molecule has 12 heteroatoms. The number of hydrogen-bond acceptors (Lipinski definition) is 6. The van der Waals surface area contributed by atoms with Crippen LogP contribution < -0.4 is 20.9 Å². The Morgan fingerprint density at radius 2 is 1.92 bits per heavy atom. The fraction of sp³-hybridized carbons (Fsp3) is 0.308. The Kier molecular flexibility index (Phi) is 8.10. The zero-order valence-corrected chi connectivity index (χ0v) is 20.8. The standard InChI is InChI=1S/C26H27F3N6O3/c1-16-8-9-19(33-24(36)17-5-3-6-18(11-17)26(27,28)29)12-21(16)34-25(37)35(2)23-13-22(31-15-32-23)30-14-20-7-4-10-38-20/h3,5-6,8-9,11-13,15,20H,4,7,10,14H2,1-2H3,(H,33,36)(H,34,37)(H,30,31,32). The predicted octanol–water partition coefficient (Wildman–Crippen LogP) is 5.32. The molecule has 1 atom stereocenters. The molecule has 0 radical (unpaired) electrons. The van der Waals surface area contributed by atoms with Gasteiger partial charge < -0.3 is 20.7 Å². The third-order valence-electron chi connectivity index (χ3n) is 6.02. The number of carbonyl (C=O) groups is 2. The van der Waals surface area contributed by atoms with E-state index in [4.69, 9.17) is 4.74 Å². The second kappa shape index (κ2) is 11.5. The molecule has 0 spiro atoms. The number of ether oxygens (including phenoxy) is 1. The number of rotatable bonds is 7. The van der Waals surface area contributed by atoms with Gasteiger partial charge in [0.2, 0.25) is 0 Å². The molecular weight excluding hydrogens is 501 g/mol. The summed E-state index contributed by atoms with van der Waals surface area (Å²) >= 11 is 0. The van der Waals surface area contributed by atoms with Gasteiger partial charge >= 0.3 is 12.2 Å². The minimum absolute atomic E-state index is 0.124. The molecule has 3 aromatic rings. The molecule has 200 valence electrons. The minimum Gasteiger partial charge on any atom is -0.376 e. The third-order valence-corrected chi connectivity index (χ3v) is 6.02. The Bertz CT molecular complexity index is 1310. The molecule has 0 saturated carbocycles. The second-order valence-corrected chi connectivity index (χ2v) is 8.83. The molecular formula is C26H27F3N6O3. The highest BCUT2D eigenvalue weighted by Gasteiger charge is 2.31. The second-order valence-electron chi connectivity index (χ2n) is 8.83. The van der Waals surface area contributed by atoms with E-state index in [9.17, 15) is 22.8 Å². The Morgan fingerprint density at radius 1 is 1.11 bits per heavy atom. The van der Waals surface area contributed by atoms with Gasteiger partial charge in [-0.25, -0.2) is 14.8 Å². The maximum atomic E-state index is 13.0. The molecule has 2 heterocycles. The van der Waals surface area contributed by atoms with Crippen LogP contribution in [0.25, 0.3) is 0 Å². The van der Waals surface area contributed by atoms with Gasteiger partial charge in [0.25, 0.3) is 5.91 Å². The molecule has 3 amide bonds. The molecule has 1 fully saturated rings. The minimum atomic E-state index is -4.56. The molecule has 1 aromatic heterocycles. The molecule has 1 aliphatic heterocycles. The van der Waals surface area contributed by atoms with E-state index in [0.717, 1.165) is 31.6 Å². The SMILES string of the molecule is Cc1ccc(NC(=O)c2cccc(C(F)(F)F)c2)cc1NC(=O)N(C)c1cc(NCC2CCCO2)ncn1. The summed E-state index contributed by atoms with van der Waals surface area (Å²) in [6.45, 7) is 3.12. The number of amides is 3. The van der Waals surface area contributed by atoms with Gasteiger partial charge in [-0.2, -0.15) is 13.2 Å². The van der Waals surface area contributed by atoms with Crippen LogP contribution in [0.3, 0.4) is 0 Å². The van der Waals surface area contributed by atoms with Crippen molar-refractivity contribution in [2.24, 2.45) is 0 Å². The van der Waals surface area contributed by atoms with Gasteiger partial charge in [-0.1, -0.05) is 12.1 Å². The molecule has 0 aliphatic carbocycles. The van der Waals surface area contributed by atoms with Crippen molar-refractivity contribution >= 4 is 34.9 Å². The van der Waals surface area contributed by atoms with Crippen LogP contribution in [-0.4, -0.2) is 48.2 Å². The lowest BCUT2D eigenvalue weighted by Gasteiger charge is -2.19. The van der Waals surface area contributed by atoms with Gasteiger partial charge in [-0.05, 0) is 55.7 Å². The van der Waals surface area contributed by atoms with E-state index in [1.54, 1.807) is 32.2 Å². The molecule has 38 heavy (non-hydrogen) atoms. The van der Waals surface area contributed by atoms with Crippen LogP contribution in [0.2, 0.25) is 0 Å². The fourth-order valence-electron chi connectivity index (χ4n) is 3.83. The summed E-state index contributed by atoms with van der Waals surface area (Å²) in [7, 11) is 1.55. The number of aromatic nitrogens is 2. The van der Waals surface area contributed by atoms with Crippen LogP contribution in [0.1, 0.15) is 34.3 Å². The van der Waals surface area contributed by atoms with Crippen molar-refractivity contribution in [3.8, 4) is 0 Å². The largest absolute Gasteiger partial charge is 0.416 e. The van der Waals surface area contributed by atoms with Crippen molar-refractivity contribution in [2.75, 3.05) is 41.0 Å². The first-order valence-corrected chi connectivity index (χ1v) is 11.9. The quantitative estimate of drug-likeness (QED) is 0.383. The molecule has 9 nitrogen and oxygen atoms in total. The van der Waals surface area contributed by atoms with Crippen LogP contribution in [0.4, 0.5) is 41.0 Å². The van der Waals surface area contributed by atoms with E-state index in [0.29, 0.717) is 35.1 Å². The van der Waals surface area contributed by atoms with Crippen molar-refractivity contribution < 1.29 is 27.5 Å². The summed E-state index contributed by atoms with van der Waals surface area (Å²) in [4.78, 5) is 35.2. The molecule has 3 N–H and O–H groups in total. The Hall–Kier alpha value is -4.19. The van der Waals surface area contributed by atoms with Crippen LogP contribution in [-0.2, 0) is 10.9 Å². The monoisotopic (exact) mass is 528 g/mol. The average Bonchev–Trinajstić information content (AvgIpc) is 3.42. The number of alkyl halides is 3. The molecule has 4 rings (SSSR count). The lowest BCUT2D eigenvalue weighted by molar-refractivity contribution is -0.137. The predicted molar refractivity (Wildman–Crippen MR) is 137 cm³/mol. The number of hydrogen-bond donors (Lipinski definition) is 3. The van der Waals surface area contributed by atoms with Crippen molar-refractivity contribution in [2.45, 2.75) is 32.0 Å². The Balaban J connectivity index is 1.41. The maximum absolute atomic E-state index is 13.0. The molecule has 1 unspecified atom stereocenters. The molecule has 1 aliphatic rings. The third kappa shape index (κ3) is 6.76. The topological polar surface area (TPSA) is 108 Å². The maximum Gasteiger partial charge on any atom is 0.416 e. The number of nitrogens with zero attached hydrogens (tertiary/aromatic N) is 3. The highest BCUT2D eigenvalue weighted by molar-refractivity contribution is 6.05. The van der Waals surface area contributed by atoms with E-state index in [-0.39, 0.29) is 11.7 Å². The zero-order chi connectivity index (χ0) is 27.3. The van der Waals surface area contributed by atoms with Crippen LogP contribution >= 0.6 is 0 Å². The molecule has 0 bridgehead atoms. The zero-order valence-electron chi connectivity index (χ0n) is 20.8. The number of benzene rings is 2. The van der Waals surface area contributed by atoms with E-state index < -0.39 is 23.7 Å². The lowest BCUT2D eigenvalue weighted by Crippen LogP contribution is -2.32. The van der Waals surface area contributed by atoms with E-state index in [1.807, 2.05) is 0 Å². The number of aryl methyl sites for hydroxylation is 1. The Morgan fingerprint density at radius 3 is 2.66 bits per heavy atom. The normalized spacial score (nSPS) is 15.1. The van der Waals surface area contributed by atoms with E-state index >= 15 is 0 Å². The van der Waals surface area contributed by atoms with Gasteiger partial charge in [0.05, 0.1) is 11.7 Å². The number of halogens is 3. The van der Waals surface area contributed by atoms with E-state index in [1.165, 1.54) is 29.4 Å². The first-order valence-electron chi connectivity index (χ1n) is 11.9. The number of anilines is 4. The van der Waals surface area contributed by atoms with Crippen molar-refractivity contribution in [1.82, 2.24) is 9.97 Å². The Labute approximate surface area is 217 Å². The molecule has 2 aromatic carbocycles. The van der Waals surface area contributed by atoms with Gasteiger partial charge in [0.1, 0.15) is 18.0 Å². The summed E-state index contributed by atoms with van der Waals surface area (Å²) in [6.07, 6.45) is -1.08. The number of nitrogens with one attached hydrogen (secondary N) is 3. The van der Waals surface area contributed by atoms with Crippen LogP contribution in [0.15, 0.2) is 54.9 Å². The highest BCUT2D eigenvalue weighted by atomic mass is 19.4. The van der Waals surface area contributed by atoms with Crippen LogP contribution in [0, 0.1) is 6.92 Å². The van der Waals surface area contributed by atoms with Crippen LogP contribution in [0.5, 0.6) is 0 Å². The number of urea groups is 1. The lowest BCUT2D eigenvalue weighted by atomic mass is 10.1. The number of carbonyl (C=O) groups excluding carboxylic acids is 2. The summed E-state index contributed by atoms with van der Waals surface area (Å²) < 4.78 is 44.6. The molecule has 1 saturated heterocycles. The van der Waals surface area contributed by atoms with Gasteiger partial charge in [-0.3, -0.25) is 9.69 Å². The van der Waals surface area contributed by atoms with E-state index in [2.05, 4.69) is 25.9 Å². The summed E-state index contributed by atoms with van der Waals surface area (Å²) in [5.41, 5.74) is 0.372.